The van der Waals surface area contributed by atoms with E-state index in [1.807, 2.05) is 36.4 Å². The molecule has 1 heterocycles. The molecule has 5 rings (SSSR count). The van der Waals surface area contributed by atoms with Gasteiger partial charge >= 0.3 is 0 Å². The minimum atomic E-state index is -0.485. The van der Waals surface area contributed by atoms with Crippen molar-refractivity contribution in [3.05, 3.63) is 106 Å². The number of amides is 2. The molecule has 0 aromatic heterocycles. The number of hydrogen-bond donors (Lipinski definition) is 0. The van der Waals surface area contributed by atoms with Gasteiger partial charge in [-0.05, 0) is 74.6 Å². The number of nitrogens with zero attached hydrogens (tertiary/aromatic N) is 1. The molecule has 0 unspecified atom stereocenters. The van der Waals surface area contributed by atoms with Gasteiger partial charge in [0.2, 0.25) is 5.91 Å². The Balaban J connectivity index is 1.28. The Morgan fingerprint density at radius 1 is 0.941 bits per heavy atom. The van der Waals surface area contributed by atoms with E-state index >= 15 is 0 Å². The number of ether oxygens (including phenoxy) is 1. The highest BCUT2D eigenvalue weighted by molar-refractivity contribution is 9.10. The first-order valence-corrected chi connectivity index (χ1v) is 12.7. The molecule has 0 saturated carbocycles. The predicted molar refractivity (Wildman–Crippen MR) is 142 cm³/mol. The molecule has 0 spiro atoms. The van der Waals surface area contributed by atoms with Crippen LogP contribution in [0.1, 0.15) is 11.1 Å². The van der Waals surface area contributed by atoms with Crippen LogP contribution in [0.5, 0.6) is 5.75 Å². The van der Waals surface area contributed by atoms with Crippen LogP contribution in [-0.2, 0) is 17.8 Å². The van der Waals surface area contributed by atoms with E-state index in [1.165, 1.54) is 15.7 Å². The van der Waals surface area contributed by atoms with Crippen molar-refractivity contribution in [3.8, 4) is 5.75 Å². The third-order valence-corrected chi connectivity index (χ3v) is 7.56. The van der Waals surface area contributed by atoms with Gasteiger partial charge in [-0.2, -0.15) is 0 Å². The van der Waals surface area contributed by atoms with Crippen LogP contribution in [0, 0.1) is 0 Å². The van der Waals surface area contributed by atoms with Crippen molar-refractivity contribution in [1.82, 2.24) is 0 Å². The second-order valence-electron chi connectivity index (χ2n) is 7.92. The van der Waals surface area contributed by atoms with Crippen LogP contribution < -0.4 is 9.64 Å². The Morgan fingerprint density at radius 2 is 1.74 bits per heavy atom. The molecule has 170 valence electrons. The number of imide groups is 1. The Bertz CT molecular complexity index is 1400. The van der Waals surface area contributed by atoms with Crippen LogP contribution >= 0.6 is 39.3 Å². The second kappa shape index (κ2) is 9.82. The number of anilines is 1. The van der Waals surface area contributed by atoms with E-state index in [-0.39, 0.29) is 11.1 Å². The number of rotatable bonds is 6. The minimum Gasteiger partial charge on any atom is -0.488 e. The van der Waals surface area contributed by atoms with Crippen molar-refractivity contribution in [3.63, 3.8) is 0 Å². The number of thioether (sulfide) groups is 1. The maximum Gasteiger partial charge on any atom is 0.293 e. The number of carbonyl (C=O) groups is 2. The molecular weight excluding hydrogens is 534 g/mol. The van der Waals surface area contributed by atoms with Gasteiger partial charge in [0, 0.05) is 5.02 Å². The summed E-state index contributed by atoms with van der Waals surface area (Å²) < 4.78 is 6.89. The van der Waals surface area contributed by atoms with Crippen LogP contribution in [0.4, 0.5) is 10.5 Å². The van der Waals surface area contributed by atoms with Crippen LogP contribution in [0.25, 0.3) is 10.8 Å². The summed E-state index contributed by atoms with van der Waals surface area (Å²) in [6.45, 7) is 0.444. The van der Waals surface area contributed by atoms with Crippen molar-refractivity contribution in [2.45, 2.75) is 18.3 Å². The molecule has 0 radical (unpaired) electrons. The summed E-state index contributed by atoms with van der Waals surface area (Å²) in [5.41, 5.74) is 2.55. The fraction of sp³-hybridized carbons (Fsp3) is 0.111. The van der Waals surface area contributed by atoms with Crippen molar-refractivity contribution in [1.29, 1.82) is 0 Å². The van der Waals surface area contributed by atoms with Gasteiger partial charge in [0.1, 0.15) is 12.4 Å². The molecule has 0 N–H and O–H groups in total. The molecule has 4 nitrogen and oxygen atoms in total. The first-order valence-electron chi connectivity index (χ1n) is 10.7. The molecule has 1 atom stereocenters. The first kappa shape index (κ1) is 23.0. The van der Waals surface area contributed by atoms with Gasteiger partial charge in [0.25, 0.3) is 5.24 Å². The normalized spacial score (nSPS) is 15.8. The van der Waals surface area contributed by atoms with Crippen LogP contribution in [0.2, 0.25) is 5.02 Å². The summed E-state index contributed by atoms with van der Waals surface area (Å²) in [4.78, 5) is 26.7. The van der Waals surface area contributed by atoms with E-state index in [0.717, 1.165) is 33.1 Å². The number of fused-ring (bicyclic) bond motifs is 1. The largest absolute Gasteiger partial charge is 0.488 e. The lowest BCUT2D eigenvalue weighted by atomic mass is 10.1. The molecule has 0 aliphatic carbocycles. The van der Waals surface area contributed by atoms with Crippen molar-refractivity contribution in [2.75, 3.05) is 4.90 Å². The zero-order valence-corrected chi connectivity index (χ0v) is 21.1. The number of halogens is 2. The molecule has 4 aromatic rings. The van der Waals surface area contributed by atoms with Gasteiger partial charge in [0.15, 0.2) is 0 Å². The van der Waals surface area contributed by atoms with Crippen molar-refractivity contribution >= 4 is 66.9 Å². The summed E-state index contributed by atoms with van der Waals surface area (Å²) in [5, 5.41) is 2.06. The average Bonchev–Trinajstić information content (AvgIpc) is 3.11. The maximum absolute atomic E-state index is 13.0. The highest BCUT2D eigenvalue weighted by Crippen LogP contribution is 2.36. The molecule has 7 heteroatoms. The summed E-state index contributed by atoms with van der Waals surface area (Å²) >= 11 is 10.7. The van der Waals surface area contributed by atoms with Crippen molar-refractivity contribution < 1.29 is 14.3 Å². The number of carbonyl (C=O) groups excluding carboxylic acids is 2. The summed E-state index contributed by atoms with van der Waals surface area (Å²) in [6, 6.07) is 27.0. The second-order valence-corrected chi connectivity index (χ2v) is 10.4. The smallest absolute Gasteiger partial charge is 0.293 e. The molecule has 4 aromatic carbocycles. The predicted octanol–water partition coefficient (Wildman–Crippen LogP) is 7.65. The van der Waals surface area contributed by atoms with Crippen LogP contribution in [0.3, 0.4) is 0 Å². The fourth-order valence-corrected chi connectivity index (χ4v) is 5.76. The number of benzene rings is 4. The highest BCUT2D eigenvalue weighted by atomic mass is 79.9. The van der Waals surface area contributed by atoms with Gasteiger partial charge in [0.05, 0.1) is 15.4 Å². The van der Waals surface area contributed by atoms with Crippen molar-refractivity contribution in [2.24, 2.45) is 0 Å². The van der Waals surface area contributed by atoms with E-state index < -0.39 is 5.25 Å². The van der Waals surface area contributed by atoms with E-state index in [2.05, 4.69) is 40.2 Å². The Kier molecular flexibility index (Phi) is 6.63. The number of hydrogen-bond acceptors (Lipinski definition) is 4. The average molecular weight is 553 g/mol. The maximum atomic E-state index is 13.0. The third kappa shape index (κ3) is 4.71. The monoisotopic (exact) mass is 551 g/mol. The quantitative estimate of drug-likeness (QED) is 0.246. The molecule has 1 aliphatic rings. The van der Waals surface area contributed by atoms with E-state index in [9.17, 15) is 9.59 Å². The van der Waals surface area contributed by atoms with Gasteiger partial charge in [-0.3, -0.25) is 9.59 Å². The van der Waals surface area contributed by atoms with E-state index in [1.54, 1.807) is 24.3 Å². The van der Waals surface area contributed by atoms with Crippen LogP contribution in [0.15, 0.2) is 89.4 Å². The summed E-state index contributed by atoms with van der Waals surface area (Å²) in [5.74, 6) is 0.489. The molecule has 1 fully saturated rings. The summed E-state index contributed by atoms with van der Waals surface area (Å²) in [6.07, 6.45) is 0.439. The van der Waals surface area contributed by atoms with E-state index in [0.29, 0.717) is 23.7 Å². The van der Waals surface area contributed by atoms with Gasteiger partial charge in [-0.15, -0.1) is 0 Å². The molecule has 34 heavy (non-hydrogen) atoms. The Morgan fingerprint density at radius 3 is 2.56 bits per heavy atom. The minimum absolute atomic E-state index is 0.232. The zero-order chi connectivity index (χ0) is 23.7. The third-order valence-electron chi connectivity index (χ3n) is 5.67. The molecule has 1 aliphatic heterocycles. The molecule has 1 saturated heterocycles. The van der Waals surface area contributed by atoms with Gasteiger partial charge in [-0.1, -0.05) is 78.0 Å². The molecular formula is C27H19BrClNO3S. The molecule has 2 amide bonds. The lowest BCUT2D eigenvalue weighted by Gasteiger charge is -2.15. The highest BCUT2D eigenvalue weighted by Gasteiger charge is 2.40. The SMILES string of the molecule is O=C1S[C@H](Cc2ccc(OCc3cccc4ccccc34)c(Br)c2)C(=O)N1c1cccc(Cl)c1. The fourth-order valence-electron chi connectivity index (χ4n) is 4.01. The topological polar surface area (TPSA) is 46.6 Å². The van der Waals surface area contributed by atoms with E-state index in [4.69, 9.17) is 16.3 Å². The van der Waals surface area contributed by atoms with Crippen LogP contribution in [-0.4, -0.2) is 16.4 Å². The first-order chi connectivity index (χ1) is 16.5. The summed E-state index contributed by atoms with van der Waals surface area (Å²) in [7, 11) is 0. The standard InChI is InChI=1S/C27H19BrClNO3S/c28-23-13-17(14-25-26(31)30(27(32)34-25)21-9-4-8-20(29)15-21)11-12-24(23)33-16-19-7-3-6-18-5-1-2-10-22(18)19/h1-13,15,25H,14,16H2/t25-/m1/s1. The Labute approximate surface area is 215 Å². The van der Waals surface area contributed by atoms with Gasteiger partial charge < -0.3 is 4.74 Å². The molecule has 0 bridgehead atoms. The lowest BCUT2D eigenvalue weighted by Crippen LogP contribution is -2.32. The Hall–Kier alpha value is -2.80. The zero-order valence-electron chi connectivity index (χ0n) is 17.9. The lowest BCUT2D eigenvalue weighted by molar-refractivity contribution is -0.117. The van der Waals surface area contributed by atoms with Gasteiger partial charge in [-0.25, -0.2) is 4.90 Å².